The quantitative estimate of drug-likeness (QED) is 0.374. The first-order valence-corrected chi connectivity index (χ1v) is 8.04. The molecule has 0 aliphatic rings. The van der Waals surface area contributed by atoms with E-state index in [4.69, 9.17) is 10.2 Å². The first-order chi connectivity index (χ1) is 11.1. The lowest BCUT2D eigenvalue weighted by Crippen LogP contribution is -2.24. The van der Waals surface area contributed by atoms with Crippen molar-refractivity contribution in [3.8, 4) is 0 Å². The van der Waals surface area contributed by atoms with Crippen LogP contribution in [0.3, 0.4) is 0 Å². The van der Waals surface area contributed by atoms with E-state index in [0.717, 1.165) is 0 Å². The summed E-state index contributed by atoms with van der Waals surface area (Å²) in [5, 5.41) is 35.6. The van der Waals surface area contributed by atoms with Crippen LogP contribution >= 0.6 is 0 Å². The van der Waals surface area contributed by atoms with Crippen LogP contribution < -0.4 is 0 Å². The second-order valence-corrected chi connectivity index (χ2v) is 6.11. The van der Waals surface area contributed by atoms with Crippen molar-refractivity contribution in [2.45, 2.75) is 58.3 Å². The molecule has 3 unspecified atom stereocenters. The van der Waals surface area contributed by atoms with Gasteiger partial charge >= 0.3 is 23.9 Å². The summed E-state index contributed by atoms with van der Waals surface area (Å²) in [5.74, 6) is -5.65. The van der Waals surface area contributed by atoms with Gasteiger partial charge in [-0.3, -0.25) is 19.2 Å². The van der Waals surface area contributed by atoms with Gasteiger partial charge in [0.25, 0.3) is 0 Å². The van der Waals surface area contributed by atoms with Gasteiger partial charge in [-0.05, 0) is 44.4 Å². The van der Waals surface area contributed by atoms with Gasteiger partial charge in [0.1, 0.15) is 0 Å². The largest absolute Gasteiger partial charge is 0.481 e. The Morgan fingerprint density at radius 1 is 0.708 bits per heavy atom. The van der Waals surface area contributed by atoms with E-state index in [0.29, 0.717) is 6.42 Å². The normalized spacial score (nSPS) is 14.5. The standard InChI is InChI=1S/C16H26O8/c1-10(12(16(23)24)5-3-7-14(19)20)8-9-11(15(21)22)4-2-6-13(17)18/h10-12H,2-9H2,1H3,(H,17,18)(H,19,20)(H,21,22)(H,23,24). The summed E-state index contributed by atoms with van der Waals surface area (Å²) < 4.78 is 0. The Hall–Kier alpha value is -2.12. The van der Waals surface area contributed by atoms with Crippen LogP contribution in [-0.4, -0.2) is 44.3 Å². The summed E-state index contributed by atoms with van der Waals surface area (Å²) in [5.41, 5.74) is 0. The number of carboxylic acids is 4. The van der Waals surface area contributed by atoms with Gasteiger partial charge in [-0.2, -0.15) is 0 Å². The van der Waals surface area contributed by atoms with Crippen LogP contribution in [0.15, 0.2) is 0 Å². The molecule has 0 aromatic heterocycles. The molecule has 8 heteroatoms. The third kappa shape index (κ3) is 9.81. The maximum absolute atomic E-state index is 11.3. The topological polar surface area (TPSA) is 149 Å². The van der Waals surface area contributed by atoms with E-state index in [1.165, 1.54) is 0 Å². The van der Waals surface area contributed by atoms with E-state index in [9.17, 15) is 29.4 Å². The maximum Gasteiger partial charge on any atom is 0.306 e. The SMILES string of the molecule is CC(CCC(CCCC(=O)O)C(=O)O)C(CCCC(=O)O)C(=O)O. The number of carbonyl (C=O) groups is 4. The minimum atomic E-state index is -1.01. The Balaban J connectivity index is 4.46. The summed E-state index contributed by atoms with van der Waals surface area (Å²) in [7, 11) is 0. The van der Waals surface area contributed by atoms with E-state index in [-0.39, 0.29) is 50.9 Å². The van der Waals surface area contributed by atoms with E-state index in [2.05, 4.69) is 0 Å². The van der Waals surface area contributed by atoms with Crippen molar-refractivity contribution in [1.29, 1.82) is 0 Å². The molecular weight excluding hydrogens is 320 g/mol. The first kappa shape index (κ1) is 21.9. The van der Waals surface area contributed by atoms with Crippen molar-refractivity contribution in [1.82, 2.24) is 0 Å². The molecule has 0 rings (SSSR count). The zero-order valence-corrected chi connectivity index (χ0v) is 13.8. The van der Waals surface area contributed by atoms with Crippen molar-refractivity contribution in [2.24, 2.45) is 17.8 Å². The molecule has 4 N–H and O–H groups in total. The van der Waals surface area contributed by atoms with Crippen molar-refractivity contribution in [3.63, 3.8) is 0 Å². The first-order valence-electron chi connectivity index (χ1n) is 8.04. The molecular formula is C16H26O8. The van der Waals surface area contributed by atoms with Crippen LogP contribution in [0.2, 0.25) is 0 Å². The van der Waals surface area contributed by atoms with E-state index >= 15 is 0 Å². The zero-order valence-electron chi connectivity index (χ0n) is 13.8. The molecule has 0 saturated carbocycles. The third-order valence-corrected chi connectivity index (χ3v) is 4.17. The predicted molar refractivity (Wildman–Crippen MR) is 83.6 cm³/mol. The maximum atomic E-state index is 11.3. The Labute approximate surface area is 140 Å². The van der Waals surface area contributed by atoms with Gasteiger partial charge in [-0.1, -0.05) is 6.92 Å². The van der Waals surface area contributed by atoms with Crippen LogP contribution in [0, 0.1) is 17.8 Å². The van der Waals surface area contributed by atoms with Crippen LogP contribution in [0.25, 0.3) is 0 Å². The summed E-state index contributed by atoms with van der Waals surface area (Å²) in [6, 6.07) is 0. The number of aliphatic carboxylic acids is 4. The summed E-state index contributed by atoms with van der Waals surface area (Å²) in [4.78, 5) is 43.5. The molecule has 0 bridgehead atoms. The van der Waals surface area contributed by atoms with Gasteiger partial charge in [0.15, 0.2) is 0 Å². The summed E-state index contributed by atoms with van der Waals surface area (Å²) in [6.07, 6.45) is 1.48. The average Bonchev–Trinajstić information content (AvgIpc) is 2.45. The molecule has 0 spiro atoms. The molecule has 0 saturated heterocycles. The lowest BCUT2D eigenvalue weighted by atomic mass is 9.83. The minimum absolute atomic E-state index is 0.0910. The third-order valence-electron chi connectivity index (χ3n) is 4.17. The molecule has 3 atom stereocenters. The van der Waals surface area contributed by atoms with Crippen molar-refractivity contribution >= 4 is 23.9 Å². The highest BCUT2D eigenvalue weighted by Crippen LogP contribution is 2.26. The molecule has 0 amide bonds. The Bertz CT molecular complexity index is 445. The fraction of sp³-hybridized carbons (Fsp3) is 0.750. The van der Waals surface area contributed by atoms with Crippen LogP contribution in [0.4, 0.5) is 0 Å². The highest BCUT2D eigenvalue weighted by molar-refractivity contribution is 5.71. The second kappa shape index (κ2) is 11.4. The highest BCUT2D eigenvalue weighted by atomic mass is 16.4. The molecule has 138 valence electrons. The number of hydrogen-bond donors (Lipinski definition) is 4. The number of carboxylic acid groups (broad SMARTS) is 4. The number of rotatable bonds is 14. The van der Waals surface area contributed by atoms with E-state index in [1.54, 1.807) is 6.92 Å². The number of hydrogen-bond acceptors (Lipinski definition) is 4. The van der Waals surface area contributed by atoms with Crippen molar-refractivity contribution < 1.29 is 39.6 Å². The van der Waals surface area contributed by atoms with E-state index in [1.807, 2.05) is 0 Å². The van der Waals surface area contributed by atoms with Crippen LogP contribution in [0.1, 0.15) is 58.3 Å². The van der Waals surface area contributed by atoms with Crippen LogP contribution in [-0.2, 0) is 19.2 Å². The fourth-order valence-electron chi connectivity index (χ4n) is 2.68. The van der Waals surface area contributed by atoms with Gasteiger partial charge in [0, 0.05) is 12.8 Å². The smallest absolute Gasteiger partial charge is 0.306 e. The molecule has 24 heavy (non-hydrogen) atoms. The molecule has 0 aliphatic carbocycles. The zero-order chi connectivity index (χ0) is 18.7. The lowest BCUT2D eigenvalue weighted by molar-refractivity contribution is -0.145. The molecule has 0 heterocycles. The Kier molecular flexibility index (Phi) is 10.4. The molecule has 0 radical (unpaired) electrons. The van der Waals surface area contributed by atoms with Gasteiger partial charge < -0.3 is 20.4 Å². The molecule has 0 aromatic rings. The van der Waals surface area contributed by atoms with Gasteiger partial charge in [-0.15, -0.1) is 0 Å². The molecule has 0 fully saturated rings. The average molecular weight is 346 g/mol. The van der Waals surface area contributed by atoms with Crippen molar-refractivity contribution in [2.75, 3.05) is 0 Å². The fourth-order valence-corrected chi connectivity index (χ4v) is 2.68. The predicted octanol–water partition coefficient (Wildman–Crippen LogP) is 2.31. The Morgan fingerprint density at radius 2 is 1.21 bits per heavy atom. The van der Waals surface area contributed by atoms with Gasteiger partial charge in [-0.25, -0.2) is 0 Å². The summed E-state index contributed by atoms with van der Waals surface area (Å²) in [6.45, 7) is 1.72. The Morgan fingerprint density at radius 3 is 1.62 bits per heavy atom. The van der Waals surface area contributed by atoms with Crippen molar-refractivity contribution in [3.05, 3.63) is 0 Å². The molecule has 0 aliphatic heterocycles. The van der Waals surface area contributed by atoms with E-state index < -0.39 is 35.7 Å². The molecule has 8 nitrogen and oxygen atoms in total. The lowest BCUT2D eigenvalue weighted by Gasteiger charge is -2.21. The summed E-state index contributed by atoms with van der Waals surface area (Å²) >= 11 is 0. The minimum Gasteiger partial charge on any atom is -0.481 e. The highest BCUT2D eigenvalue weighted by Gasteiger charge is 2.26. The monoisotopic (exact) mass is 346 g/mol. The second-order valence-electron chi connectivity index (χ2n) is 6.11. The van der Waals surface area contributed by atoms with Gasteiger partial charge in [0.05, 0.1) is 11.8 Å². The molecule has 0 aromatic carbocycles. The van der Waals surface area contributed by atoms with Crippen LogP contribution in [0.5, 0.6) is 0 Å². The van der Waals surface area contributed by atoms with Gasteiger partial charge in [0.2, 0.25) is 0 Å².